The molecule has 2 amide bonds. The van der Waals surface area contributed by atoms with E-state index in [-0.39, 0.29) is 23.6 Å². The first-order chi connectivity index (χ1) is 21.5. The van der Waals surface area contributed by atoms with Crippen LogP contribution in [0.1, 0.15) is 79.2 Å². The minimum atomic E-state index is -4.37. The van der Waals surface area contributed by atoms with Crippen molar-refractivity contribution in [3.8, 4) is 0 Å². The zero-order valence-electron chi connectivity index (χ0n) is 25.7. The third kappa shape index (κ3) is 9.95. The molecule has 0 spiro atoms. The monoisotopic (exact) mass is 637 g/mol. The number of nitrogens with one attached hydrogen (secondary N) is 2. The Morgan fingerprint density at radius 2 is 1.73 bits per heavy atom. The van der Waals surface area contributed by atoms with Crippen LogP contribution in [-0.4, -0.2) is 46.3 Å². The number of hydrogen-bond donors (Lipinski definition) is 2. The Morgan fingerprint density at radius 3 is 2.40 bits per heavy atom. The second kappa shape index (κ2) is 15.8. The number of rotatable bonds is 9. The number of pyridine rings is 1. The number of carbonyl (C=O) groups excluding carboxylic acids is 2. The Morgan fingerprint density at radius 1 is 0.956 bits per heavy atom. The predicted molar refractivity (Wildman–Crippen MR) is 170 cm³/mol. The van der Waals surface area contributed by atoms with Crippen LogP contribution in [0.5, 0.6) is 0 Å². The number of alkyl halides is 3. The summed E-state index contributed by atoms with van der Waals surface area (Å²) in [7, 11) is 0. The summed E-state index contributed by atoms with van der Waals surface area (Å²) in [6.45, 7) is 7.56. The smallest absolute Gasteiger partial charge is 0.352 e. The molecule has 5 rings (SSSR count). The number of aryl methyl sites for hydroxylation is 3. The van der Waals surface area contributed by atoms with E-state index in [4.69, 9.17) is 0 Å². The number of benzene rings is 2. The summed E-state index contributed by atoms with van der Waals surface area (Å²) in [5, 5.41) is 8.83. The molecule has 1 aliphatic rings. The summed E-state index contributed by atoms with van der Waals surface area (Å²) in [6.07, 6.45) is -2.05. The van der Waals surface area contributed by atoms with Gasteiger partial charge in [-0.15, -0.1) is 11.3 Å². The average molecular weight is 638 g/mol. The van der Waals surface area contributed by atoms with Crippen LogP contribution in [0.25, 0.3) is 0 Å². The molecule has 7 nitrogen and oxygen atoms in total. The van der Waals surface area contributed by atoms with Gasteiger partial charge in [-0.05, 0) is 70.3 Å². The molecule has 2 aromatic carbocycles. The van der Waals surface area contributed by atoms with E-state index < -0.39 is 11.7 Å². The molecule has 238 valence electrons. The Labute approximate surface area is 265 Å². The zero-order chi connectivity index (χ0) is 32.4. The van der Waals surface area contributed by atoms with E-state index in [9.17, 15) is 22.8 Å². The Bertz CT molecular complexity index is 1580. The van der Waals surface area contributed by atoms with Gasteiger partial charge in [0, 0.05) is 42.0 Å². The molecule has 4 aromatic rings. The third-order valence-electron chi connectivity index (χ3n) is 7.21. The van der Waals surface area contributed by atoms with Gasteiger partial charge in [-0.3, -0.25) is 9.59 Å². The molecule has 1 atom stereocenters. The van der Waals surface area contributed by atoms with Gasteiger partial charge in [0.15, 0.2) is 0 Å². The lowest BCUT2D eigenvalue weighted by molar-refractivity contribution is -0.137. The highest BCUT2D eigenvalue weighted by atomic mass is 32.1. The Kier molecular flexibility index (Phi) is 11.8. The lowest BCUT2D eigenvalue weighted by Gasteiger charge is -2.23. The molecule has 1 fully saturated rings. The number of amides is 2. The van der Waals surface area contributed by atoms with Crippen molar-refractivity contribution in [3.63, 3.8) is 0 Å². The Balaban J connectivity index is 0.000000580. The third-order valence-corrected chi connectivity index (χ3v) is 8.27. The second-order valence-electron chi connectivity index (χ2n) is 11.0. The maximum absolute atomic E-state index is 13.3. The fourth-order valence-corrected chi connectivity index (χ4v) is 5.93. The SMILES string of the molecule is Cc1cc(C(=O)NCCCNCc2cccc(C(F)(F)F)c2)cc(C(=O)N2CCCC2c2nc(C)cs2)n1.Cc1ccccc1. The van der Waals surface area contributed by atoms with E-state index in [1.54, 1.807) is 35.3 Å². The van der Waals surface area contributed by atoms with Gasteiger partial charge in [-0.1, -0.05) is 54.1 Å². The second-order valence-corrected chi connectivity index (χ2v) is 11.9. The lowest BCUT2D eigenvalue weighted by atomic mass is 10.1. The molecule has 2 aromatic heterocycles. The normalized spacial score (nSPS) is 14.5. The number of aromatic nitrogens is 2. The van der Waals surface area contributed by atoms with Crippen LogP contribution in [0.4, 0.5) is 13.2 Å². The molecule has 0 radical (unpaired) electrons. The first-order valence-corrected chi connectivity index (χ1v) is 15.8. The van der Waals surface area contributed by atoms with Crippen LogP contribution in [0.3, 0.4) is 0 Å². The largest absolute Gasteiger partial charge is 0.416 e. The van der Waals surface area contributed by atoms with E-state index >= 15 is 0 Å². The summed E-state index contributed by atoms with van der Waals surface area (Å²) in [4.78, 5) is 36.8. The van der Waals surface area contributed by atoms with Crippen molar-refractivity contribution >= 4 is 23.2 Å². The molecule has 11 heteroatoms. The summed E-state index contributed by atoms with van der Waals surface area (Å²) < 4.78 is 38.5. The van der Waals surface area contributed by atoms with Gasteiger partial charge in [-0.25, -0.2) is 9.97 Å². The fraction of sp³-hybridized carbons (Fsp3) is 0.353. The number of hydrogen-bond acceptors (Lipinski definition) is 6. The zero-order valence-corrected chi connectivity index (χ0v) is 26.5. The van der Waals surface area contributed by atoms with Crippen molar-refractivity contribution in [1.29, 1.82) is 0 Å². The first-order valence-electron chi connectivity index (χ1n) is 14.9. The number of likely N-dealkylation sites (tertiary alicyclic amines) is 1. The minimum Gasteiger partial charge on any atom is -0.352 e. The van der Waals surface area contributed by atoms with Crippen LogP contribution in [0.15, 0.2) is 72.1 Å². The van der Waals surface area contributed by atoms with E-state index in [1.807, 2.05) is 30.5 Å². The summed E-state index contributed by atoms with van der Waals surface area (Å²) in [6, 6.07) is 18.5. The summed E-state index contributed by atoms with van der Waals surface area (Å²) in [5.41, 5.74) is 3.29. The number of halogens is 3. The van der Waals surface area contributed by atoms with Crippen molar-refractivity contribution in [2.75, 3.05) is 19.6 Å². The lowest BCUT2D eigenvalue weighted by Crippen LogP contribution is -2.32. The molecule has 0 saturated carbocycles. The highest BCUT2D eigenvalue weighted by Crippen LogP contribution is 2.34. The van der Waals surface area contributed by atoms with E-state index in [2.05, 4.69) is 39.7 Å². The van der Waals surface area contributed by atoms with Crippen molar-refractivity contribution in [2.24, 2.45) is 0 Å². The topological polar surface area (TPSA) is 87.2 Å². The van der Waals surface area contributed by atoms with E-state index in [1.165, 1.54) is 17.7 Å². The summed E-state index contributed by atoms with van der Waals surface area (Å²) >= 11 is 1.55. The average Bonchev–Trinajstić information content (AvgIpc) is 3.68. The molecule has 0 bridgehead atoms. The number of carbonyl (C=O) groups is 2. The molecular weight excluding hydrogens is 599 g/mol. The standard InChI is InChI=1S/C27H30F3N5O2S.C7H8/c1-17-12-20(14-22(33-17)26(37)35-11-4-8-23(35)25-34-18(2)16-38-25)24(36)32-10-5-9-31-15-19-6-3-7-21(13-19)27(28,29)30;1-7-5-3-2-4-6-7/h3,6-7,12-14,16,23,31H,4-5,8-11,15H2,1-2H3,(H,32,36);2-6H,1H3. The van der Waals surface area contributed by atoms with Gasteiger partial charge < -0.3 is 15.5 Å². The molecule has 1 saturated heterocycles. The van der Waals surface area contributed by atoms with Crippen LogP contribution in [0, 0.1) is 20.8 Å². The predicted octanol–water partition coefficient (Wildman–Crippen LogP) is 7.06. The highest BCUT2D eigenvalue weighted by Gasteiger charge is 2.33. The van der Waals surface area contributed by atoms with Crippen LogP contribution >= 0.6 is 11.3 Å². The van der Waals surface area contributed by atoms with E-state index in [0.29, 0.717) is 49.4 Å². The van der Waals surface area contributed by atoms with Gasteiger partial charge in [0.05, 0.1) is 11.6 Å². The van der Waals surface area contributed by atoms with Crippen LogP contribution < -0.4 is 10.6 Å². The maximum Gasteiger partial charge on any atom is 0.416 e. The van der Waals surface area contributed by atoms with Crippen molar-refractivity contribution < 1.29 is 22.8 Å². The van der Waals surface area contributed by atoms with Crippen molar-refractivity contribution in [1.82, 2.24) is 25.5 Å². The molecule has 2 N–H and O–H groups in total. The maximum atomic E-state index is 13.3. The molecule has 0 aliphatic carbocycles. The van der Waals surface area contributed by atoms with Gasteiger partial charge >= 0.3 is 6.18 Å². The fourth-order valence-electron chi connectivity index (χ4n) is 4.99. The summed E-state index contributed by atoms with van der Waals surface area (Å²) in [5.74, 6) is -0.521. The van der Waals surface area contributed by atoms with Crippen molar-refractivity contribution in [2.45, 2.75) is 58.8 Å². The van der Waals surface area contributed by atoms with Crippen LogP contribution in [0.2, 0.25) is 0 Å². The minimum absolute atomic E-state index is 0.0794. The number of thiazole rings is 1. The van der Waals surface area contributed by atoms with Gasteiger partial charge in [-0.2, -0.15) is 13.2 Å². The van der Waals surface area contributed by atoms with Crippen LogP contribution in [-0.2, 0) is 12.7 Å². The molecule has 45 heavy (non-hydrogen) atoms. The quantitative estimate of drug-likeness (QED) is 0.192. The van der Waals surface area contributed by atoms with Gasteiger partial charge in [0.2, 0.25) is 0 Å². The molecular formula is C34H38F3N5O2S. The van der Waals surface area contributed by atoms with Gasteiger partial charge in [0.25, 0.3) is 11.8 Å². The molecule has 1 unspecified atom stereocenters. The van der Waals surface area contributed by atoms with Gasteiger partial charge in [0.1, 0.15) is 10.7 Å². The molecule has 3 heterocycles. The number of nitrogens with zero attached hydrogens (tertiary/aromatic N) is 3. The molecule has 1 aliphatic heterocycles. The Hall–Kier alpha value is -4.09. The van der Waals surface area contributed by atoms with Crippen molar-refractivity contribution in [3.05, 3.63) is 116 Å². The van der Waals surface area contributed by atoms with E-state index in [0.717, 1.165) is 35.7 Å². The highest BCUT2D eigenvalue weighted by molar-refractivity contribution is 7.09. The first kappa shape index (κ1) is 33.8.